The Labute approximate surface area is 108 Å². The van der Waals surface area contributed by atoms with E-state index in [1.54, 1.807) is 0 Å². The van der Waals surface area contributed by atoms with E-state index in [1.165, 1.54) is 10.9 Å². The molecule has 5 N–H and O–H groups in total. The summed E-state index contributed by atoms with van der Waals surface area (Å²) in [4.78, 5) is 0. The van der Waals surface area contributed by atoms with Crippen LogP contribution in [-0.2, 0) is 11.2 Å². The van der Waals surface area contributed by atoms with Gasteiger partial charge in [0.05, 0.1) is 18.5 Å². The van der Waals surface area contributed by atoms with Gasteiger partial charge in [-0.05, 0) is 0 Å². The fraction of sp³-hybridized carbons (Fsp3) is 0.800. The normalized spacial score (nSPS) is 35.5. The lowest BCUT2D eigenvalue weighted by atomic mass is 9.98. The highest BCUT2D eigenvalue weighted by Crippen LogP contribution is 2.27. The minimum atomic E-state index is -1.46. The zero-order chi connectivity index (χ0) is 14.0. The molecule has 0 aromatic carbocycles. The van der Waals surface area contributed by atoms with Gasteiger partial charge < -0.3 is 30.3 Å². The second-order valence-electron chi connectivity index (χ2n) is 4.38. The highest BCUT2D eigenvalue weighted by Gasteiger charge is 2.44. The molecule has 1 aromatic rings. The predicted octanol–water partition coefficient (Wildman–Crippen LogP) is -3.21. The van der Waals surface area contributed by atoms with Crippen LogP contribution in [0.25, 0.3) is 0 Å². The van der Waals surface area contributed by atoms with Gasteiger partial charge in [-0.1, -0.05) is 5.21 Å². The van der Waals surface area contributed by atoms with Crippen molar-refractivity contribution in [1.29, 1.82) is 0 Å². The summed E-state index contributed by atoms with van der Waals surface area (Å²) >= 11 is 0. The van der Waals surface area contributed by atoms with Crippen molar-refractivity contribution in [1.82, 2.24) is 15.0 Å². The summed E-state index contributed by atoms with van der Waals surface area (Å²) in [6, 6.07) is 0. The zero-order valence-corrected chi connectivity index (χ0v) is 10.1. The molecule has 0 radical (unpaired) electrons. The van der Waals surface area contributed by atoms with Crippen LogP contribution >= 0.6 is 0 Å². The van der Waals surface area contributed by atoms with Crippen molar-refractivity contribution in [3.63, 3.8) is 0 Å². The smallest absolute Gasteiger partial charge is 0.180 e. The fourth-order valence-electron chi connectivity index (χ4n) is 1.97. The monoisotopic (exact) mass is 275 g/mol. The Morgan fingerprint density at radius 2 is 1.89 bits per heavy atom. The largest absolute Gasteiger partial charge is 0.396 e. The lowest BCUT2D eigenvalue weighted by molar-refractivity contribution is -0.254. The molecule has 2 heterocycles. The van der Waals surface area contributed by atoms with Crippen molar-refractivity contribution < 1.29 is 30.3 Å². The van der Waals surface area contributed by atoms with Crippen LogP contribution in [0.5, 0.6) is 0 Å². The van der Waals surface area contributed by atoms with Crippen LogP contribution in [0.4, 0.5) is 0 Å². The Hall–Kier alpha value is -1.10. The minimum absolute atomic E-state index is 0.0899. The number of aliphatic hydroxyl groups excluding tert-OH is 5. The molecule has 1 fully saturated rings. The third-order valence-electron chi connectivity index (χ3n) is 3.05. The number of hydrogen-bond acceptors (Lipinski definition) is 8. The molecule has 9 heteroatoms. The van der Waals surface area contributed by atoms with Gasteiger partial charge in [0.2, 0.25) is 0 Å². The number of ether oxygens (including phenoxy) is 1. The molecule has 1 aliphatic rings. The minimum Gasteiger partial charge on any atom is -0.396 e. The van der Waals surface area contributed by atoms with E-state index in [-0.39, 0.29) is 6.61 Å². The van der Waals surface area contributed by atoms with Gasteiger partial charge in [0.25, 0.3) is 0 Å². The van der Waals surface area contributed by atoms with Crippen molar-refractivity contribution >= 4 is 0 Å². The van der Waals surface area contributed by atoms with E-state index < -0.39 is 37.3 Å². The third kappa shape index (κ3) is 2.76. The topological polar surface area (TPSA) is 141 Å². The van der Waals surface area contributed by atoms with Gasteiger partial charge in [-0.3, -0.25) is 0 Å². The molecule has 1 saturated heterocycles. The van der Waals surface area contributed by atoms with Crippen molar-refractivity contribution in [2.75, 3.05) is 13.2 Å². The van der Waals surface area contributed by atoms with Crippen LogP contribution in [0.2, 0.25) is 0 Å². The molecule has 0 saturated carbocycles. The van der Waals surface area contributed by atoms with Gasteiger partial charge in [0, 0.05) is 13.0 Å². The average molecular weight is 275 g/mol. The number of nitrogens with zero attached hydrogens (tertiary/aromatic N) is 3. The molecule has 1 aromatic heterocycles. The highest BCUT2D eigenvalue weighted by atomic mass is 16.6. The Kier molecular flexibility index (Phi) is 4.45. The lowest BCUT2D eigenvalue weighted by Gasteiger charge is -2.39. The first-order chi connectivity index (χ1) is 9.08. The molecule has 108 valence electrons. The van der Waals surface area contributed by atoms with E-state index in [2.05, 4.69) is 10.3 Å². The second-order valence-corrected chi connectivity index (χ2v) is 4.38. The molecule has 0 unspecified atom stereocenters. The summed E-state index contributed by atoms with van der Waals surface area (Å²) in [6.45, 7) is -0.590. The molecule has 0 aliphatic carbocycles. The van der Waals surface area contributed by atoms with Crippen LogP contribution in [0, 0.1) is 0 Å². The van der Waals surface area contributed by atoms with E-state index in [0.717, 1.165) is 0 Å². The molecule has 1 aliphatic heterocycles. The summed E-state index contributed by atoms with van der Waals surface area (Å²) < 4.78 is 6.48. The van der Waals surface area contributed by atoms with Crippen molar-refractivity contribution in [3.05, 3.63) is 11.9 Å². The fourth-order valence-corrected chi connectivity index (χ4v) is 1.97. The molecule has 19 heavy (non-hydrogen) atoms. The molecule has 0 spiro atoms. The van der Waals surface area contributed by atoms with Crippen LogP contribution in [0.15, 0.2) is 6.20 Å². The molecular weight excluding hydrogens is 258 g/mol. The van der Waals surface area contributed by atoms with Gasteiger partial charge in [0.15, 0.2) is 6.23 Å². The van der Waals surface area contributed by atoms with Crippen LogP contribution in [0.1, 0.15) is 11.9 Å². The standard InChI is InChI=1S/C10H17N3O6/c14-2-1-5-3-13(12-11-5)10-9(18)8(17)7(16)6(4-15)19-10/h3,6-10,14-18H,1-2,4H2/t6-,7+,8+,9-,10-/m1/s1. The zero-order valence-electron chi connectivity index (χ0n) is 10.1. The van der Waals surface area contributed by atoms with E-state index in [1.807, 2.05) is 0 Å². The first kappa shape index (κ1) is 14.3. The van der Waals surface area contributed by atoms with Crippen LogP contribution in [0.3, 0.4) is 0 Å². The maximum Gasteiger partial charge on any atom is 0.180 e. The lowest BCUT2D eigenvalue weighted by Crippen LogP contribution is -2.56. The number of hydrogen-bond donors (Lipinski definition) is 5. The van der Waals surface area contributed by atoms with E-state index in [4.69, 9.17) is 14.9 Å². The van der Waals surface area contributed by atoms with Crippen LogP contribution < -0.4 is 0 Å². The van der Waals surface area contributed by atoms with Gasteiger partial charge in [0.1, 0.15) is 24.4 Å². The summed E-state index contributed by atoms with van der Waals surface area (Å²) in [5, 5.41) is 54.5. The van der Waals surface area contributed by atoms with Crippen molar-refractivity contribution in [2.24, 2.45) is 0 Å². The summed E-state index contributed by atoms with van der Waals surface area (Å²) in [5.74, 6) is 0. The number of aromatic nitrogens is 3. The van der Waals surface area contributed by atoms with E-state index in [9.17, 15) is 15.3 Å². The van der Waals surface area contributed by atoms with Crippen LogP contribution in [-0.4, -0.2) is 78.2 Å². The quantitative estimate of drug-likeness (QED) is 0.386. The summed E-state index contributed by atoms with van der Waals surface area (Å²) in [7, 11) is 0. The Bertz CT molecular complexity index is 412. The summed E-state index contributed by atoms with van der Waals surface area (Å²) in [6.07, 6.45) is -4.55. The summed E-state index contributed by atoms with van der Waals surface area (Å²) in [5.41, 5.74) is 0.500. The average Bonchev–Trinajstić information content (AvgIpc) is 2.85. The molecule has 0 bridgehead atoms. The van der Waals surface area contributed by atoms with Crippen molar-refractivity contribution in [2.45, 2.75) is 37.1 Å². The maximum atomic E-state index is 9.86. The SMILES string of the molecule is OCCc1cn([C@@H]2O[C@H](CO)[C@H](O)[C@H](O)[C@H]2O)nn1. The third-order valence-corrected chi connectivity index (χ3v) is 3.05. The van der Waals surface area contributed by atoms with Crippen molar-refractivity contribution in [3.8, 4) is 0 Å². The number of aliphatic hydroxyl groups is 5. The van der Waals surface area contributed by atoms with Gasteiger partial charge in [-0.2, -0.15) is 0 Å². The highest BCUT2D eigenvalue weighted by molar-refractivity contribution is 4.96. The first-order valence-corrected chi connectivity index (χ1v) is 5.90. The number of rotatable bonds is 4. The van der Waals surface area contributed by atoms with Gasteiger partial charge in [-0.25, -0.2) is 4.68 Å². The maximum absolute atomic E-state index is 9.86. The van der Waals surface area contributed by atoms with Gasteiger partial charge >= 0.3 is 0 Å². The second kappa shape index (κ2) is 5.90. The molecule has 2 rings (SSSR count). The van der Waals surface area contributed by atoms with E-state index in [0.29, 0.717) is 12.1 Å². The Balaban J connectivity index is 2.17. The van der Waals surface area contributed by atoms with Gasteiger partial charge in [-0.15, -0.1) is 5.10 Å². The molecule has 5 atom stereocenters. The predicted molar refractivity (Wildman–Crippen MR) is 59.8 cm³/mol. The Morgan fingerprint density at radius 1 is 1.16 bits per heavy atom. The molecule has 9 nitrogen and oxygen atoms in total. The Morgan fingerprint density at radius 3 is 2.53 bits per heavy atom. The molecular formula is C10H17N3O6. The first-order valence-electron chi connectivity index (χ1n) is 5.90. The van der Waals surface area contributed by atoms with E-state index >= 15 is 0 Å². The molecule has 0 amide bonds.